The summed E-state index contributed by atoms with van der Waals surface area (Å²) >= 11 is 3.21. The third-order valence-electron chi connectivity index (χ3n) is 1.07. The first-order valence-electron chi connectivity index (χ1n) is 2.85. The molecule has 1 rings (SSSR count). The van der Waals surface area contributed by atoms with Crippen molar-refractivity contribution in [2.75, 3.05) is 0 Å². The van der Waals surface area contributed by atoms with E-state index in [-0.39, 0.29) is 5.69 Å². The molecule has 0 saturated carbocycles. The summed E-state index contributed by atoms with van der Waals surface area (Å²) in [5.41, 5.74) is 1.32. The number of aromatic amines is 1. The van der Waals surface area contributed by atoms with Crippen LogP contribution in [0.3, 0.4) is 0 Å². The first-order valence-corrected chi connectivity index (χ1v) is 3.97. The number of aryl methyl sites for hydroxylation is 1. The zero-order valence-electron chi connectivity index (χ0n) is 5.52. The molecular weight excluding hydrogens is 196 g/mol. The molecule has 0 unspecified atom stereocenters. The van der Waals surface area contributed by atoms with Crippen LogP contribution in [0.5, 0.6) is 0 Å². The van der Waals surface area contributed by atoms with E-state index in [2.05, 4.69) is 25.9 Å². The molecule has 0 radical (unpaired) electrons. The van der Waals surface area contributed by atoms with Crippen molar-refractivity contribution in [1.82, 2.24) is 9.97 Å². The minimum Gasteiger partial charge on any atom is -0.310 e. The molecule has 1 aromatic heterocycles. The van der Waals surface area contributed by atoms with Crippen molar-refractivity contribution in [3.8, 4) is 0 Å². The van der Waals surface area contributed by atoms with Gasteiger partial charge in [0.05, 0.1) is 5.69 Å². The first kappa shape index (κ1) is 7.47. The van der Waals surface area contributed by atoms with Crippen LogP contribution in [-0.2, 0) is 5.33 Å². The van der Waals surface area contributed by atoms with Gasteiger partial charge in [0.2, 0.25) is 0 Å². The summed E-state index contributed by atoms with van der Waals surface area (Å²) in [5, 5.41) is 0.623. The maximum absolute atomic E-state index is 10.7. The number of H-pyrrole nitrogens is 1. The van der Waals surface area contributed by atoms with Crippen LogP contribution >= 0.6 is 15.9 Å². The van der Waals surface area contributed by atoms with Gasteiger partial charge < -0.3 is 4.98 Å². The summed E-state index contributed by atoms with van der Waals surface area (Å²) in [6, 6.07) is 1.83. The highest BCUT2D eigenvalue weighted by Gasteiger charge is 1.93. The topological polar surface area (TPSA) is 45.8 Å². The third kappa shape index (κ3) is 1.67. The van der Waals surface area contributed by atoms with Gasteiger partial charge >= 0.3 is 5.69 Å². The molecule has 0 aromatic carbocycles. The lowest BCUT2D eigenvalue weighted by molar-refractivity contribution is 0.983. The van der Waals surface area contributed by atoms with Crippen molar-refractivity contribution in [3.63, 3.8) is 0 Å². The summed E-state index contributed by atoms with van der Waals surface area (Å²) < 4.78 is 0. The van der Waals surface area contributed by atoms with Crippen molar-refractivity contribution in [2.45, 2.75) is 12.3 Å². The van der Waals surface area contributed by atoms with Gasteiger partial charge in [0.15, 0.2) is 0 Å². The van der Waals surface area contributed by atoms with Gasteiger partial charge in [-0.1, -0.05) is 15.9 Å². The van der Waals surface area contributed by atoms with Gasteiger partial charge in [-0.25, -0.2) is 4.79 Å². The number of nitrogens with zero attached hydrogens (tertiary/aromatic N) is 1. The molecule has 3 nitrogen and oxygen atoms in total. The average molecular weight is 203 g/mol. The predicted octanol–water partition coefficient (Wildman–Crippen LogP) is 0.973. The number of hydrogen-bond acceptors (Lipinski definition) is 2. The van der Waals surface area contributed by atoms with Crippen LogP contribution < -0.4 is 5.69 Å². The fraction of sp³-hybridized carbons (Fsp3) is 0.333. The minimum absolute atomic E-state index is 0.283. The molecule has 1 N–H and O–H groups in total. The monoisotopic (exact) mass is 202 g/mol. The van der Waals surface area contributed by atoms with Gasteiger partial charge in [0.1, 0.15) is 0 Å². The molecule has 0 aliphatic carbocycles. The number of rotatable bonds is 1. The Balaban J connectivity index is 3.19. The lowest BCUT2D eigenvalue weighted by Gasteiger charge is -1.93. The molecule has 0 atom stereocenters. The second kappa shape index (κ2) is 2.96. The first-order chi connectivity index (χ1) is 4.72. The van der Waals surface area contributed by atoms with Crippen molar-refractivity contribution >= 4 is 15.9 Å². The zero-order chi connectivity index (χ0) is 7.56. The van der Waals surface area contributed by atoms with Crippen LogP contribution in [0, 0.1) is 6.92 Å². The zero-order valence-corrected chi connectivity index (χ0v) is 7.10. The number of nitrogens with one attached hydrogen (secondary N) is 1. The molecule has 0 bridgehead atoms. The fourth-order valence-corrected chi connectivity index (χ4v) is 1.00. The Hall–Kier alpha value is -0.640. The Morgan fingerprint density at radius 1 is 1.80 bits per heavy atom. The second-order valence-corrected chi connectivity index (χ2v) is 2.56. The maximum Gasteiger partial charge on any atom is 0.345 e. The Bertz CT molecular complexity index is 281. The Morgan fingerprint density at radius 3 is 3.00 bits per heavy atom. The van der Waals surface area contributed by atoms with E-state index in [1.54, 1.807) is 0 Å². The van der Waals surface area contributed by atoms with Crippen LogP contribution in [0.25, 0.3) is 0 Å². The van der Waals surface area contributed by atoms with E-state index in [9.17, 15) is 4.79 Å². The van der Waals surface area contributed by atoms with Gasteiger partial charge in [-0.2, -0.15) is 4.98 Å². The van der Waals surface area contributed by atoms with Crippen molar-refractivity contribution in [1.29, 1.82) is 0 Å². The highest BCUT2D eigenvalue weighted by molar-refractivity contribution is 9.08. The van der Waals surface area contributed by atoms with Gasteiger partial charge in [0.25, 0.3) is 0 Å². The largest absolute Gasteiger partial charge is 0.345 e. The Labute approximate surface area is 66.6 Å². The highest BCUT2D eigenvalue weighted by atomic mass is 79.9. The number of hydrogen-bond donors (Lipinski definition) is 1. The van der Waals surface area contributed by atoms with Crippen molar-refractivity contribution < 1.29 is 0 Å². The van der Waals surface area contributed by atoms with E-state index < -0.39 is 0 Å². The van der Waals surface area contributed by atoms with E-state index in [0.29, 0.717) is 5.33 Å². The molecule has 0 aliphatic rings. The van der Waals surface area contributed by atoms with E-state index >= 15 is 0 Å². The molecule has 0 spiro atoms. The highest BCUT2D eigenvalue weighted by Crippen LogP contribution is 1.98. The maximum atomic E-state index is 10.7. The lowest BCUT2D eigenvalue weighted by Crippen LogP contribution is -2.12. The van der Waals surface area contributed by atoms with E-state index in [0.717, 1.165) is 11.4 Å². The van der Waals surface area contributed by atoms with Gasteiger partial charge in [-0.3, -0.25) is 0 Å². The molecule has 0 aliphatic heterocycles. The van der Waals surface area contributed by atoms with E-state index in [1.807, 2.05) is 13.0 Å². The summed E-state index contributed by atoms with van der Waals surface area (Å²) in [5.74, 6) is 0. The Morgan fingerprint density at radius 2 is 2.50 bits per heavy atom. The number of alkyl halides is 1. The predicted molar refractivity (Wildman–Crippen MR) is 42.2 cm³/mol. The van der Waals surface area contributed by atoms with E-state index in [4.69, 9.17) is 0 Å². The minimum atomic E-state index is -0.283. The molecule has 0 amide bonds. The molecule has 0 saturated heterocycles. The number of aromatic nitrogens is 2. The van der Waals surface area contributed by atoms with Gasteiger partial charge in [0, 0.05) is 11.0 Å². The van der Waals surface area contributed by atoms with Crippen LogP contribution in [-0.4, -0.2) is 9.97 Å². The van der Waals surface area contributed by atoms with Gasteiger partial charge in [-0.15, -0.1) is 0 Å². The fourth-order valence-electron chi connectivity index (χ4n) is 0.714. The molecule has 10 heavy (non-hydrogen) atoms. The van der Waals surface area contributed by atoms with Crippen LogP contribution in [0.4, 0.5) is 0 Å². The van der Waals surface area contributed by atoms with Gasteiger partial charge in [-0.05, 0) is 13.0 Å². The SMILES string of the molecule is Cc1cc(CBr)nc(=O)[nH]1. The smallest absolute Gasteiger partial charge is 0.310 e. The molecule has 54 valence electrons. The summed E-state index contributed by atoms with van der Waals surface area (Å²) in [6.07, 6.45) is 0. The molecule has 1 aromatic rings. The van der Waals surface area contributed by atoms with Crippen LogP contribution in [0.15, 0.2) is 10.9 Å². The summed E-state index contributed by atoms with van der Waals surface area (Å²) in [7, 11) is 0. The molecule has 1 heterocycles. The number of halogens is 1. The Kier molecular flexibility index (Phi) is 2.21. The second-order valence-electron chi connectivity index (χ2n) is 1.99. The molecule has 4 heteroatoms. The quantitative estimate of drug-likeness (QED) is 0.691. The molecule has 0 fully saturated rings. The summed E-state index contributed by atoms with van der Waals surface area (Å²) in [4.78, 5) is 16.9. The standard InChI is InChI=1S/C6H7BrN2O/c1-4-2-5(3-7)9-6(10)8-4/h2H,3H2,1H3,(H,8,9,10). The lowest BCUT2D eigenvalue weighted by atomic mass is 10.4. The third-order valence-corrected chi connectivity index (χ3v) is 1.64. The normalized spacial score (nSPS) is 9.80. The molecular formula is C6H7BrN2O. The average Bonchev–Trinajstić information content (AvgIpc) is 1.85. The summed E-state index contributed by atoms with van der Waals surface area (Å²) in [6.45, 7) is 1.83. The van der Waals surface area contributed by atoms with Crippen LogP contribution in [0.2, 0.25) is 0 Å². The van der Waals surface area contributed by atoms with E-state index in [1.165, 1.54) is 0 Å². The van der Waals surface area contributed by atoms with Crippen molar-refractivity contribution in [3.05, 3.63) is 27.9 Å². The van der Waals surface area contributed by atoms with Crippen LogP contribution in [0.1, 0.15) is 11.4 Å². The van der Waals surface area contributed by atoms with Crippen molar-refractivity contribution in [2.24, 2.45) is 0 Å².